The summed E-state index contributed by atoms with van der Waals surface area (Å²) in [6, 6.07) is 21.7. The minimum absolute atomic E-state index is 0.0335. The largest absolute Gasteiger partial charge is 0.272 e. The molecule has 166 valence electrons. The van der Waals surface area contributed by atoms with Crippen molar-refractivity contribution in [2.45, 2.75) is 5.16 Å². The average Bonchev–Trinajstić information content (AvgIpc) is 3.25. The summed E-state index contributed by atoms with van der Waals surface area (Å²) >= 11 is 10.6. The molecule has 0 bridgehead atoms. The first-order valence-corrected chi connectivity index (χ1v) is 11.8. The molecule has 0 unspecified atom stereocenters. The Labute approximate surface area is 207 Å². The zero-order valence-electron chi connectivity index (χ0n) is 17.0. The number of nitrogens with one attached hydrogen (secondary N) is 1. The third kappa shape index (κ3) is 5.68. The standard InChI is InChI=1S/C23H16BrClFN5OS/c24-16-9-11-17(12-10-16)31-22(15-5-2-1-3-6-15)29-30-23(31)33-14-21(32)28-27-13-18-19(25)7-4-8-20(18)26/h1-13H,14H2,(H,28,32)/b27-13-. The summed E-state index contributed by atoms with van der Waals surface area (Å²) in [4.78, 5) is 12.3. The number of hydrogen-bond acceptors (Lipinski definition) is 5. The van der Waals surface area contributed by atoms with Crippen molar-refractivity contribution in [3.63, 3.8) is 0 Å². The monoisotopic (exact) mass is 543 g/mol. The van der Waals surface area contributed by atoms with Crippen molar-refractivity contribution >= 4 is 51.4 Å². The van der Waals surface area contributed by atoms with Crippen molar-refractivity contribution in [1.29, 1.82) is 0 Å². The molecule has 3 aromatic carbocycles. The van der Waals surface area contributed by atoms with Crippen LogP contribution in [0.5, 0.6) is 0 Å². The summed E-state index contributed by atoms with van der Waals surface area (Å²) in [6.07, 6.45) is 1.18. The molecular formula is C23H16BrClFN5OS. The van der Waals surface area contributed by atoms with Gasteiger partial charge in [0.25, 0.3) is 5.91 Å². The van der Waals surface area contributed by atoms with E-state index in [1.165, 1.54) is 30.1 Å². The number of thioether (sulfide) groups is 1. The summed E-state index contributed by atoms with van der Waals surface area (Å²) in [7, 11) is 0. The molecule has 0 radical (unpaired) electrons. The van der Waals surface area contributed by atoms with Gasteiger partial charge in [0.05, 0.1) is 17.0 Å². The summed E-state index contributed by atoms with van der Waals surface area (Å²) in [5.41, 5.74) is 4.25. The van der Waals surface area contributed by atoms with Crippen LogP contribution in [0.1, 0.15) is 5.56 Å². The lowest BCUT2D eigenvalue weighted by molar-refractivity contribution is -0.118. The van der Waals surface area contributed by atoms with Crippen LogP contribution in [-0.4, -0.2) is 32.6 Å². The second kappa shape index (κ2) is 10.7. The van der Waals surface area contributed by atoms with E-state index in [1.807, 2.05) is 59.2 Å². The van der Waals surface area contributed by atoms with Crippen molar-refractivity contribution < 1.29 is 9.18 Å². The van der Waals surface area contributed by atoms with Gasteiger partial charge in [0.1, 0.15) is 5.82 Å². The van der Waals surface area contributed by atoms with Gasteiger partial charge in [-0.2, -0.15) is 5.10 Å². The van der Waals surface area contributed by atoms with Gasteiger partial charge >= 0.3 is 0 Å². The van der Waals surface area contributed by atoms with Crippen molar-refractivity contribution in [2.24, 2.45) is 5.10 Å². The minimum Gasteiger partial charge on any atom is -0.272 e. The lowest BCUT2D eigenvalue weighted by Crippen LogP contribution is -2.20. The van der Waals surface area contributed by atoms with Crippen LogP contribution in [0.2, 0.25) is 5.02 Å². The third-order valence-corrected chi connectivity index (χ3v) is 6.25. The molecule has 0 saturated heterocycles. The number of carbonyl (C=O) groups excluding carboxylic acids is 1. The van der Waals surface area contributed by atoms with E-state index in [4.69, 9.17) is 11.6 Å². The quantitative estimate of drug-likeness (QED) is 0.183. The zero-order valence-corrected chi connectivity index (χ0v) is 20.1. The first kappa shape index (κ1) is 23.2. The second-order valence-corrected chi connectivity index (χ2v) is 8.97. The van der Waals surface area contributed by atoms with Crippen LogP contribution >= 0.6 is 39.3 Å². The average molecular weight is 545 g/mol. The first-order chi connectivity index (χ1) is 16.0. The summed E-state index contributed by atoms with van der Waals surface area (Å²) in [5.74, 6) is -0.208. The van der Waals surface area contributed by atoms with Crippen LogP contribution in [0.4, 0.5) is 4.39 Å². The Kier molecular flexibility index (Phi) is 7.54. The Morgan fingerprint density at radius 2 is 1.85 bits per heavy atom. The van der Waals surface area contributed by atoms with Crippen LogP contribution in [0.25, 0.3) is 17.1 Å². The van der Waals surface area contributed by atoms with Gasteiger partial charge in [-0.1, -0.05) is 75.7 Å². The van der Waals surface area contributed by atoms with Crippen molar-refractivity contribution in [3.05, 3.63) is 93.7 Å². The topological polar surface area (TPSA) is 72.2 Å². The molecule has 4 rings (SSSR count). The van der Waals surface area contributed by atoms with E-state index in [2.05, 4.69) is 36.7 Å². The first-order valence-electron chi connectivity index (χ1n) is 9.68. The molecule has 1 amide bonds. The fourth-order valence-corrected chi connectivity index (χ4v) is 4.15. The molecule has 0 atom stereocenters. The maximum Gasteiger partial charge on any atom is 0.250 e. The van der Waals surface area contributed by atoms with E-state index in [1.54, 1.807) is 6.07 Å². The Morgan fingerprint density at radius 1 is 1.09 bits per heavy atom. The van der Waals surface area contributed by atoms with Crippen molar-refractivity contribution in [1.82, 2.24) is 20.2 Å². The predicted molar refractivity (Wildman–Crippen MR) is 132 cm³/mol. The molecule has 10 heteroatoms. The van der Waals surface area contributed by atoms with Gasteiger partial charge < -0.3 is 0 Å². The van der Waals surface area contributed by atoms with Crippen LogP contribution in [-0.2, 0) is 4.79 Å². The molecule has 0 aliphatic heterocycles. The number of halogens is 3. The second-order valence-electron chi connectivity index (χ2n) is 6.70. The van der Waals surface area contributed by atoms with E-state index < -0.39 is 5.82 Å². The molecule has 4 aromatic rings. The number of hydrazone groups is 1. The molecule has 0 spiro atoms. The highest BCUT2D eigenvalue weighted by Gasteiger charge is 2.17. The van der Waals surface area contributed by atoms with E-state index in [9.17, 15) is 9.18 Å². The molecule has 0 aliphatic rings. The predicted octanol–water partition coefficient (Wildman–Crippen LogP) is 5.73. The number of hydrogen-bond donors (Lipinski definition) is 1. The number of nitrogens with zero attached hydrogens (tertiary/aromatic N) is 4. The van der Waals surface area contributed by atoms with Crippen molar-refractivity contribution in [3.8, 4) is 17.1 Å². The molecule has 33 heavy (non-hydrogen) atoms. The lowest BCUT2D eigenvalue weighted by Gasteiger charge is -2.10. The van der Waals surface area contributed by atoms with Crippen molar-refractivity contribution in [2.75, 3.05) is 5.75 Å². The van der Waals surface area contributed by atoms with Gasteiger partial charge in [-0.25, -0.2) is 9.82 Å². The van der Waals surface area contributed by atoms with Gasteiger partial charge in [-0.05, 0) is 36.4 Å². The van der Waals surface area contributed by atoms with Gasteiger partial charge in [-0.3, -0.25) is 9.36 Å². The lowest BCUT2D eigenvalue weighted by atomic mass is 10.2. The van der Waals surface area contributed by atoms with Gasteiger partial charge in [0.2, 0.25) is 0 Å². The van der Waals surface area contributed by atoms with Crippen LogP contribution < -0.4 is 5.43 Å². The van der Waals surface area contributed by atoms with E-state index in [0.29, 0.717) is 11.0 Å². The number of aromatic nitrogens is 3. The fourth-order valence-electron chi connectivity index (χ4n) is 2.93. The Hall–Kier alpha value is -3.01. The van der Waals surface area contributed by atoms with Crippen LogP contribution in [0, 0.1) is 5.82 Å². The van der Waals surface area contributed by atoms with E-state index in [-0.39, 0.29) is 22.2 Å². The molecule has 6 nitrogen and oxygen atoms in total. The number of carbonyl (C=O) groups is 1. The highest BCUT2D eigenvalue weighted by Crippen LogP contribution is 2.28. The maximum absolute atomic E-state index is 13.8. The highest BCUT2D eigenvalue weighted by molar-refractivity contribution is 9.10. The molecule has 1 aromatic heterocycles. The highest BCUT2D eigenvalue weighted by atomic mass is 79.9. The fraction of sp³-hybridized carbons (Fsp3) is 0.0435. The number of rotatable bonds is 7. The van der Waals surface area contributed by atoms with E-state index in [0.717, 1.165) is 15.7 Å². The molecular weight excluding hydrogens is 529 g/mol. The Balaban J connectivity index is 1.51. The minimum atomic E-state index is -0.522. The molecule has 0 saturated carbocycles. The van der Waals surface area contributed by atoms with Crippen LogP contribution in [0.15, 0.2) is 87.5 Å². The molecule has 0 fully saturated rings. The molecule has 1 N–H and O–H groups in total. The summed E-state index contributed by atoms with van der Waals surface area (Å²) in [5, 5.41) is 13.2. The normalized spacial score (nSPS) is 11.1. The molecule has 1 heterocycles. The van der Waals surface area contributed by atoms with Crippen LogP contribution in [0.3, 0.4) is 0 Å². The van der Waals surface area contributed by atoms with E-state index >= 15 is 0 Å². The summed E-state index contributed by atoms with van der Waals surface area (Å²) in [6.45, 7) is 0. The van der Waals surface area contributed by atoms with Gasteiger partial charge in [0.15, 0.2) is 11.0 Å². The SMILES string of the molecule is O=C(CSc1nnc(-c2ccccc2)n1-c1ccc(Br)cc1)N/N=C\c1c(F)cccc1Cl. The molecule has 0 aliphatic carbocycles. The van der Waals surface area contributed by atoms with Gasteiger partial charge in [0, 0.05) is 21.3 Å². The Morgan fingerprint density at radius 3 is 2.58 bits per heavy atom. The number of amides is 1. The smallest absolute Gasteiger partial charge is 0.250 e. The zero-order chi connectivity index (χ0) is 23.2. The third-order valence-electron chi connectivity index (χ3n) is 4.47. The Bertz CT molecular complexity index is 1280. The van der Waals surface area contributed by atoms with Gasteiger partial charge in [-0.15, -0.1) is 10.2 Å². The summed E-state index contributed by atoms with van der Waals surface area (Å²) < 4.78 is 16.6. The number of benzene rings is 3. The maximum atomic E-state index is 13.8.